The summed E-state index contributed by atoms with van der Waals surface area (Å²) in [7, 11) is 1.53. The molecular formula is C10H17N3O3. The molecule has 0 bridgehead atoms. The molecule has 0 saturated carbocycles. The van der Waals surface area contributed by atoms with Crippen molar-refractivity contribution in [2.75, 3.05) is 26.7 Å². The van der Waals surface area contributed by atoms with E-state index in [1.807, 2.05) is 6.92 Å². The number of hydrogen-bond acceptors (Lipinski definition) is 3. The monoisotopic (exact) mass is 227 g/mol. The van der Waals surface area contributed by atoms with Gasteiger partial charge in [-0.3, -0.25) is 14.4 Å². The Morgan fingerprint density at radius 3 is 2.69 bits per heavy atom. The molecule has 16 heavy (non-hydrogen) atoms. The van der Waals surface area contributed by atoms with E-state index in [1.54, 1.807) is 0 Å². The lowest BCUT2D eigenvalue weighted by molar-refractivity contribution is -0.139. The standard InChI is InChI=1S/C10H17N3O3/c1-3-13(6-9(15)11-2)10(16)7-4-8(14)12-5-7/h7H,3-6H2,1-2H3,(H,11,15)(H,12,14). The number of rotatable bonds is 4. The zero-order valence-corrected chi connectivity index (χ0v) is 9.58. The van der Waals surface area contributed by atoms with Gasteiger partial charge in [-0.2, -0.15) is 0 Å². The van der Waals surface area contributed by atoms with Gasteiger partial charge >= 0.3 is 0 Å². The average molecular weight is 227 g/mol. The summed E-state index contributed by atoms with van der Waals surface area (Å²) < 4.78 is 0. The number of carbonyl (C=O) groups excluding carboxylic acids is 3. The van der Waals surface area contributed by atoms with Gasteiger partial charge in [0.25, 0.3) is 0 Å². The van der Waals surface area contributed by atoms with E-state index in [9.17, 15) is 14.4 Å². The molecule has 2 N–H and O–H groups in total. The highest BCUT2D eigenvalue weighted by molar-refractivity contribution is 5.91. The zero-order chi connectivity index (χ0) is 12.1. The van der Waals surface area contributed by atoms with Crippen LogP contribution in [-0.4, -0.2) is 49.3 Å². The maximum atomic E-state index is 11.9. The third-order valence-corrected chi connectivity index (χ3v) is 2.63. The third kappa shape index (κ3) is 2.95. The third-order valence-electron chi connectivity index (χ3n) is 2.63. The van der Waals surface area contributed by atoms with Crippen LogP contribution >= 0.6 is 0 Å². The molecule has 1 atom stereocenters. The van der Waals surface area contributed by atoms with Crippen LogP contribution in [0.1, 0.15) is 13.3 Å². The fourth-order valence-corrected chi connectivity index (χ4v) is 1.64. The molecule has 6 heteroatoms. The van der Waals surface area contributed by atoms with Gasteiger partial charge in [0.1, 0.15) is 0 Å². The van der Waals surface area contributed by atoms with Crippen LogP contribution in [0.3, 0.4) is 0 Å². The first-order valence-corrected chi connectivity index (χ1v) is 5.34. The van der Waals surface area contributed by atoms with E-state index in [-0.39, 0.29) is 36.6 Å². The van der Waals surface area contributed by atoms with Crippen LogP contribution in [0.2, 0.25) is 0 Å². The first-order chi connectivity index (χ1) is 7.58. The van der Waals surface area contributed by atoms with Gasteiger partial charge in [0, 0.05) is 26.6 Å². The second kappa shape index (κ2) is 5.48. The summed E-state index contributed by atoms with van der Waals surface area (Å²) in [5, 5.41) is 5.08. The fourth-order valence-electron chi connectivity index (χ4n) is 1.64. The van der Waals surface area contributed by atoms with Gasteiger partial charge in [0.2, 0.25) is 17.7 Å². The summed E-state index contributed by atoms with van der Waals surface area (Å²) in [6.07, 6.45) is 0.225. The highest BCUT2D eigenvalue weighted by Gasteiger charge is 2.31. The Balaban J connectivity index is 2.55. The molecule has 0 aromatic heterocycles. The van der Waals surface area contributed by atoms with Gasteiger partial charge < -0.3 is 15.5 Å². The second-order valence-electron chi connectivity index (χ2n) is 3.73. The summed E-state index contributed by atoms with van der Waals surface area (Å²) in [5.41, 5.74) is 0. The van der Waals surface area contributed by atoms with Gasteiger partial charge in [-0.1, -0.05) is 0 Å². The lowest BCUT2D eigenvalue weighted by Gasteiger charge is -2.22. The van der Waals surface area contributed by atoms with Crippen molar-refractivity contribution < 1.29 is 14.4 Å². The minimum absolute atomic E-state index is 0.0521. The number of likely N-dealkylation sites (N-methyl/N-ethyl adjacent to an activating group) is 2. The molecule has 1 saturated heterocycles. The Morgan fingerprint density at radius 1 is 1.56 bits per heavy atom. The van der Waals surface area contributed by atoms with Crippen LogP contribution in [0.5, 0.6) is 0 Å². The minimum atomic E-state index is -0.322. The van der Waals surface area contributed by atoms with Crippen LogP contribution in [0, 0.1) is 5.92 Å². The molecule has 0 spiro atoms. The first-order valence-electron chi connectivity index (χ1n) is 5.34. The van der Waals surface area contributed by atoms with E-state index in [1.165, 1.54) is 11.9 Å². The van der Waals surface area contributed by atoms with Crippen molar-refractivity contribution in [2.45, 2.75) is 13.3 Å². The van der Waals surface area contributed by atoms with E-state index in [0.717, 1.165) is 0 Å². The van der Waals surface area contributed by atoms with Crippen LogP contribution < -0.4 is 10.6 Å². The molecule has 1 rings (SSSR count). The molecule has 1 aliphatic heterocycles. The van der Waals surface area contributed by atoms with E-state index in [4.69, 9.17) is 0 Å². The van der Waals surface area contributed by atoms with Crippen LogP contribution in [0.15, 0.2) is 0 Å². The summed E-state index contributed by atoms with van der Waals surface area (Å²) in [4.78, 5) is 35.6. The average Bonchev–Trinajstić information content (AvgIpc) is 2.71. The van der Waals surface area contributed by atoms with E-state index >= 15 is 0 Å². The lowest BCUT2D eigenvalue weighted by Crippen LogP contribution is -2.42. The Kier molecular flexibility index (Phi) is 4.28. The molecule has 1 unspecified atom stereocenters. The maximum absolute atomic E-state index is 11.9. The highest BCUT2D eigenvalue weighted by Crippen LogP contribution is 2.12. The first kappa shape index (κ1) is 12.5. The van der Waals surface area contributed by atoms with Gasteiger partial charge in [-0.15, -0.1) is 0 Å². The fraction of sp³-hybridized carbons (Fsp3) is 0.700. The van der Waals surface area contributed by atoms with Gasteiger partial charge in [0.15, 0.2) is 0 Å². The minimum Gasteiger partial charge on any atom is -0.358 e. The molecule has 0 aliphatic carbocycles. The van der Waals surface area contributed by atoms with Crippen molar-refractivity contribution in [3.05, 3.63) is 0 Å². The number of carbonyl (C=O) groups is 3. The number of nitrogens with one attached hydrogen (secondary N) is 2. The van der Waals surface area contributed by atoms with Crippen molar-refractivity contribution in [2.24, 2.45) is 5.92 Å². The molecule has 1 heterocycles. The van der Waals surface area contributed by atoms with Crippen molar-refractivity contribution in [3.8, 4) is 0 Å². The molecule has 0 aromatic carbocycles. The largest absolute Gasteiger partial charge is 0.358 e. The van der Waals surface area contributed by atoms with E-state index in [0.29, 0.717) is 13.1 Å². The van der Waals surface area contributed by atoms with Gasteiger partial charge in [0.05, 0.1) is 12.5 Å². The summed E-state index contributed by atoms with van der Waals surface area (Å²) >= 11 is 0. The number of nitrogens with zero attached hydrogens (tertiary/aromatic N) is 1. The topological polar surface area (TPSA) is 78.5 Å². The summed E-state index contributed by atoms with van der Waals surface area (Å²) in [5.74, 6) is -0.761. The van der Waals surface area contributed by atoms with Crippen LogP contribution in [0.25, 0.3) is 0 Å². The number of amides is 3. The Morgan fingerprint density at radius 2 is 2.25 bits per heavy atom. The van der Waals surface area contributed by atoms with Gasteiger partial charge in [-0.25, -0.2) is 0 Å². The molecule has 3 amide bonds. The van der Waals surface area contributed by atoms with Crippen molar-refractivity contribution in [1.82, 2.24) is 15.5 Å². The summed E-state index contributed by atoms with van der Waals surface area (Å²) in [6.45, 7) is 2.71. The molecule has 1 fully saturated rings. The van der Waals surface area contributed by atoms with Gasteiger partial charge in [-0.05, 0) is 6.92 Å². The quantitative estimate of drug-likeness (QED) is 0.627. The second-order valence-corrected chi connectivity index (χ2v) is 3.73. The van der Waals surface area contributed by atoms with Crippen molar-refractivity contribution >= 4 is 17.7 Å². The molecule has 6 nitrogen and oxygen atoms in total. The summed E-state index contributed by atoms with van der Waals surface area (Å²) in [6, 6.07) is 0. The zero-order valence-electron chi connectivity index (χ0n) is 9.58. The Hall–Kier alpha value is -1.59. The number of hydrogen-bond donors (Lipinski definition) is 2. The predicted octanol–water partition coefficient (Wildman–Crippen LogP) is -1.28. The van der Waals surface area contributed by atoms with E-state index < -0.39 is 0 Å². The Labute approximate surface area is 94.4 Å². The van der Waals surface area contributed by atoms with Crippen molar-refractivity contribution in [3.63, 3.8) is 0 Å². The molecule has 90 valence electrons. The smallest absolute Gasteiger partial charge is 0.239 e. The Bertz CT molecular complexity index is 304. The van der Waals surface area contributed by atoms with Crippen LogP contribution in [-0.2, 0) is 14.4 Å². The van der Waals surface area contributed by atoms with Crippen molar-refractivity contribution in [1.29, 1.82) is 0 Å². The SMILES string of the molecule is CCN(CC(=O)NC)C(=O)C1CNC(=O)C1. The molecule has 0 radical (unpaired) electrons. The van der Waals surface area contributed by atoms with E-state index in [2.05, 4.69) is 10.6 Å². The lowest BCUT2D eigenvalue weighted by atomic mass is 10.1. The molecule has 0 aromatic rings. The van der Waals surface area contributed by atoms with Crippen LogP contribution in [0.4, 0.5) is 0 Å². The normalized spacial score (nSPS) is 19.1. The molecule has 1 aliphatic rings. The maximum Gasteiger partial charge on any atom is 0.239 e. The predicted molar refractivity (Wildman–Crippen MR) is 57.4 cm³/mol. The highest BCUT2D eigenvalue weighted by atomic mass is 16.2. The molecular weight excluding hydrogens is 210 g/mol.